The summed E-state index contributed by atoms with van der Waals surface area (Å²) in [4.78, 5) is 4.12. The van der Waals surface area contributed by atoms with E-state index in [-0.39, 0.29) is 6.10 Å². The van der Waals surface area contributed by atoms with Crippen molar-refractivity contribution < 1.29 is 9.47 Å². The van der Waals surface area contributed by atoms with Crippen molar-refractivity contribution in [2.45, 2.75) is 38.7 Å². The first-order valence-electron chi connectivity index (χ1n) is 7.97. The highest BCUT2D eigenvalue weighted by molar-refractivity contribution is 9.10. The number of hydrogen-bond acceptors (Lipinski definition) is 5. The number of benzene rings is 1. The van der Waals surface area contributed by atoms with Crippen LogP contribution in [-0.4, -0.2) is 29.1 Å². The minimum atomic E-state index is 0.267. The van der Waals surface area contributed by atoms with Crippen LogP contribution in [0.25, 0.3) is 0 Å². The van der Waals surface area contributed by atoms with Crippen molar-refractivity contribution in [3.05, 3.63) is 34.1 Å². The maximum absolute atomic E-state index is 6.12. The fraction of sp³-hybridized carbons (Fsp3) is 0.412. The first-order valence-corrected chi connectivity index (χ1v) is 8.76. The highest BCUT2D eigenvalue weighted by Gasteiger charge is 2.20. The number of imidazole rings is 1. The van der Waals surface area contributed by atoms with E-state index < -0.39 is 0 Å². The van der Waals surface area contributed by atoms with Gasteiger partial charge in [-0.25, -0.2) is 9.66 Å². The predicted octanol–water partition coefficient (Wildman–Crippen LogP) is 3.75. The fourth-order valence-corrected chi connectivity index (χ4v) is 3.38. The first kappa shape index (κ1) is 16.8. The zero-order chi connectivity index (χ0) is 17.1. The number of nitrogens with zero attached hydrogens (tertiary/aromatic N) is 3. The van der Waals surface area contributed by atoms with E-state index in [1.807, 2.05) is 19.1 Å². The number of anilines is 1. The summed E-state index contributed by atoms with van der Waals surface area (Å²) in [5, 5.41) is 4.33. The predicted molar refractivity (Wildman–Crippen MR) is 97.9 cm³/mol. The number of aromatic nitrogens is 2. The molecule has 2 aromatic rings. The van der Waals surface area contributed by atoms with Crippen LogP contribution in [0.3, 0.4) is 0 Å². The third-order valence-corrected chi connectivity index (χ3v) is 4.59. The second kappa shape index (κ2) is 7.25. The quantitative estimate of drug-likeness (QED) is 0.786. The van der Waals surface area contributed by atoms with Crippen LogP contribution in [-0.2, 0) is 0 Å². The molecule has 0 aliphatic heterocycles. The largest absolute Gasteiger partial charge is 0.493 e. The molecule has 0 unspecified atom stereocenters. The molecule has 1 saturated carbocycles. The number of rotatable bonds is 5. The maximum Gasteiger partial charge on any atom is 0.221 e. The van der Waals surface area contributed by atoms with Crippen LogP contribution in [0.4, 0.5) is 5.95 Å². The van der Waals surface area contributed by atoms with Gasteiger partial charge in [-0.1, -0.05) is 0 Å². The van der Waals surface area contributed by atoms with Gasteiger partial charge < -0.3 is 15.2 Å². The Labute approximate surface area is 149 Å². The second-order valence-corrected chi connectivity index (χ2v) is 6.74. The van der Waals surface area contributed by atoms with Crippen molar-refractivity contribution in [1.29, 1.82) is 0 Å². The van der Waals surface area contributed by atoms with Crippen molar-refractivity contribution in [2.75, 3.05) is 12.8 Å². The summed E-state index contributed by atoms with van der Waals surface area (Å²) in [6.07, 6.45) is 8.39. The SMILES string of the molecule is COc1cc(C=Nn2cc(C)nc2N)cc(Br)c1OC1CCCC1. The molecule has 0 amide bonds. The number of nitrogens with two attached hydrogens (primary N) is 1. The van der Waals surface area contributed by atoms with E-state index in [4.69, 9.17) is 15.2 Å². The maximum atomic E-state index is 6.12. The van der Waals surface area contributed by atoms with E-state index >= 15 is 0 Å². The molecule has 1 fully saturated rings. The summed E-state index contributed by atoms with van der Waals surface area (Å²) in [5.41, 5.74) is 7.49. The normalized spacial score (nSPS) is 15.3. The smallest absolute Gasteiger partial charge is 0.221 e. The highest BCUT2D eigenvalue weighted by Crippen LogP contribution is 2.38. The minimum Gasteiger partial charge on any atom is -0.493 e. The lowest BCUT2D eigenvalue weighted by Gasteiger charge is -2.17. The Hall–Kier alpha value is -2.02. The van der Waals surface area contributed by atoms with E-state index in [0.717, 1.165) is 34.3 Å². The molecule has 0 saturated heterocycles. The summed E-state index contributed by atoms with van der Waals surface area (Å²) in [6, 6.07) is 3.86. The van der Waals surface area contributed by atoms with Gasteiger partial charge in [-0.05, 0) is 66.2 Å². The van der Waals surface area contributed by atoms with Crippen molar-refractivity contribution in [2.24, 2.45) is 5.10 Å². The lowest BCUT2D eigenvalue weighted by molar-refractivity contribution is 0.199. The molecule has 1 aliphatic carbocycles. The number of ether oxygens (including phenoxy) is 2. The number of aryl methyl sites for hydroxylation is 1. The molecule has 1 aliphatic rings. The van der Waals surface area contributed by atoms with Gasteiger partial charge in [-0.2, -0.15) is 5.10 Å². The third-order valence-electron chi connectivity index (χ3n) is 4.00. The number of nitrogen functional groups attached to an aromatic ring is 1. The van der Waals surface area contributed by atoms with E-state index in [0.29, 0.717) is 11.7 Å². The summed E-state index contributed by atoms with van der Waals surface area (Å²) in [5.74, 6) is 1.79. The lowest BCUT2D eigenvalue weighted by atomic mass is 10.2. The molecule has 128 valence electrons. The number of halogens is 1. The zero-order valence-corrected chi connectivity index (χ0v) is 15.4. The van der Waals surface area contributed by atoms with Crippen LogP contribution in [0.1, 0.15) is 36.9 Å². The summed E-state index contributed by atoms with van der Waals surface area (Å²) < 4.78 is 14.0. The van der Waals surface area contributed by atoms with E-state index in [2.05, 4.69) is 26.0 Å². The summed E-state index contributed by atoms with van der Waals surface area (Å²) >= 11 is 3.58. The Morgan fingerprint density at radius 3 is 2.75 bits per heavy atom. The van der Waals surface area contributed by atoms with Crippen molar-refractivity contribution in [3.8, 4) is 11.5 Å². The fourth-order valence-electron chi connectivity index (χ4n) is 2.83. The zero-order valence-electron chi connectivity index (χ0n) is 13.8. The Bertz CT molecular complexity index is 751. The molecular weight excluding hydrogens is 372 g/mol. The first-order chi connectivity index (χ1) is 11.6. The van der Waals surface area contributed by atoms with Crippen LogP contribution in [0.15, 0.2) is 27.9 Å². The van der Waals surface area contributed by atoms with Crippen LogP contribution in [0, 0.1) is 6.92 Å². The van der Waals surface area contributed by atoms with Gasteiger partial charge in [0.2, 0.25) is 5.95 Å². The van der Waals surface area contributed by atoms with Crippen molar-refractivity contribution in [3.63, 3.8) is 0 Å². The molecular formula is C17H21BrN4O2. The van der Waals surface area contributed by atoms with Gasteiger partial charge in [0.1, 0.15) is 0 Å². The molecule has 3 rings (SSSR count). The standard InChI is InChI=1S/C17H21BrN4O2/c1-11-10-22(17(19)21-11)20-9-12-7-14(18)16(15(8-12)23-2)24-13-5-3-4-6-13/h7-10,13H,3-6H2,1-2H3,(H2,19,21). The van der Waals surface area contributed by atoms with Gasteiger partial charge in [0, 0.05) is 0 Å². The van der Waals surface area contributed by atoms with Gasteiger partial charge in [0.05, 0.1) is 35.8 Å². The Morgan fingerprint density at radius 2 is 2.12 bits per heavy atom. The van der Waals surface area contributed by atoms with Gasteiger partial charge in [-0.3, -0.25) is 0 Å². The molecule has 2 N–H and O–H groups in total. The molecule has 0 bridgehead atoms. The van der Waals surface area contributed by atoms with Gasteiger partial charge >= 0.3 is 0 Å². The topological polar surface area (TPSA) is 74.7 Å². The molecule has 24 heavy (non-hydrogen) atoms. The minimum absolute atomic E-state index is 0.267. The summed E-state index contributed by atoms with van der Waals surface area (Å²) in [6.45, 7) is 1.87. The lowest BCUT2D eigenvalue weighted by Crippen LogP contribution is -2.12. The average molecular weight is 393 g/mol. The summed E-state index contributed by atoms with van der Waals surface area (Å²) in [7, 11) is 1.64. The molecule has 0 radical (unpaired) electrons. The van der Waals surface area contributed by atoms with Gasteiger partial charge in [-0.15, -0.1) is 0 Å². The molecule has 1 aromatic heterocycles. The van der Waals surface area contributed by atoms with E-state index in [1.165, 1.54) is 12.8 Å². The highest BCUT2D eigenvalue weighted by atomic mass is 79.9. The third kappa shape index (κ3) is 3.72. The Balaban J connectivity index is 1.84. The van der Waals surface area contributed by atoms with Crippen LogP contribution in [0.5, 0.6) is 11.5 Å². The van der Waals surface area contributed by atoms with E-state index in [9.17, 15) is 0 Å². The molecule has 0 atom stereocenters. The second-order valence-electron chi connectivity index (χ2n) is 5.89. The number of hydrogen-bond donors (Lipinski definition) is 1. The van der Waals surface area contributed by atoms with Gasteiger partial charge in [0.25, 0.3) is 0 Å². The molecule has 6 nitrogen and oxygen atoms in total. The molecule has 7 heteroatoms. The van der Waals surface area contributed by atoms with Crippen LogP contribution >= 0.6 is 15.9 Å². The van der Waals surface area contributed by atoms with Crippen LogP contribution in [0.2, 0.25) is 0 Å². The molecule has 0 spiro atoms. The molecule has 1 heterocycles. The van der Waals surface area contributed by atoms with E-state index in [1.54, 1.807) is 24.2 Å². The van der Waals surface area contributed by atoms with Crippen molar-refractivity contribution >= 4 is 28.1 Å². The van der Waals surface area contributed by atoms with Gasteiger partial charge in [0.15, 0.2) is 11.5 Å². The average Bonchev–Trinajstić information content (AvgIpc) is 3.16. The Morgan fingerprint density at radius 1 is 1.38 bits per heavy atom. The monoisotopic (exact) mass is 392 g/mol. The van der Waals surface area contributed by atoms with Crippen molar-refractivity contribution in [1.82, 2.24) is 9.66 Å². The van der Waals surface area contributed by atoms with Crippen LogP contribution < -0.4 is 15.2 Å². The Kier molecular flexibility index (Phi) is 5.08. The molecule has 1 aromatic carbocycles. The number of methoxy groups -OCH3 is 1.